The van der Waals surface area contributed by atoms with Crippen molar-refractivity contribution in [3.05, 3.63) is 63.7 Å². The van der Waals surface area contributed by atoms with Crippen molar-refractivity contribution < 1.29 is 41.0 Å². The molecule has 37 heavy (non-hydrogen) atoms. The summed E-state index contributed by atoms with van der Waals surface area (Å²) >= 11 is 0. The summed E-state index contributed by atoms with van der Waals surface area (Å²) in [6, 6.07) is 0.585. The minimum Gasteiger partial charge on any atom is -0.391 e. The fraction of sp³-hybridized carbons (Fsp3) is 0.304. The summed E-state index contributed by atoms with van der Waals surface area (Å²) in [4.78, 5) is 43.2. The molecule has 1 aliphatic rings. The third kappa shape index (κ3) is 4.88. The van der Waals surface area contributed by atoms with Gasteiger partial charge in [-0.1, -0.05) is 6.92 Å². The van der Waals surface area contributed by atoms with Crippen molar-refractivity contribution in [1.82, 2.24) is 14.9 Å². The number of aromatic nitrogens is 2. The monoisotopic (exact) mass is 528 g/mol. The smallest absolute Gasteiger partial charge is 0.391 e. The molecule has 0 saturated carbocycles. The number of benzene rings is 1. The molecule has 2 N–H and O–H groups in total. The second kappa shape index (κ2) is 9.50. The average Bonchev–Trinajstić information content (AvgIpc) is 3.14. The molecule has 196 valence electrons. The number of rotatable bonds is 5. The molecular weight excluding hydrogens is 510 g/mol. The van der Waals surface area contributed by atoms with Gasteiger partial charge in [-0.25, -0.2) is 18.2 Å². The number of amides is 2. The lowest BCUT2D eigenvalue weighted by molar-refractivity contribution is -0.153. The van der Waals surface area contributed by atoms with Gasteiger partial charge in [0.25, 0.3) is 5.91 Å². The minimum atomic E-state index is -4.83. The van der Waals surface area contributed by atoms with Gasteiger partial charge in [-0.15, -0.1) is 0 Å². The maximum Gasteiger partial charge on any atom is 0.408 e. The third-order valence-electron chi connectivity index (χ3n) is 5.79. The number of aliphatic hydroxyl groups is 1. The summed E-state index contributed by atoms with van der Waals surface area (Å²) < 4.78 is 83.2. The molecule has 2 atom stereocenters. The van der Waals surface area contributed by atoms with Gasteiger partial charge in [0.1, 0.15) is 28.9 Å². The Morgan fingerprint density at radius 3 is 2.38 bits per heavy atom. The second-order valence-corrected chi connectivity index (χ2v) is 8.34. The Morgan fingerprint density at radius 2 is 1.84 bits per heavy atom. The summed E-state index contributed by atoms with van der Waals surface area (Å²) in [7, 11) is 0. The lowest BCUT2D eigenvalue weighted by Gasteiger charge is -2.21. The van der Waals surface area contributed by atoms with Crippen LogP contribution >= 0.6 is 0 Å². The summed E-state index contributed by atoms with van der Waals surface area (Å²) in [6.45, 7) is 1.000. The van der Waals surface area contributed by atoms with Crippen LogP contribution in [0.1, 0.15) is 30.1 Å². The van der Waals surface area contributed by atoms with E-state index < -0.39 is 81.7 Å². The molecule has 14 heteroatoms. The summed E-state index contributed by atoms with van der Waals surface area (Å²) in [5.41, 5.74) is -3.43. The molecule has 3 aromatic rings. The van der Waals surface area contributed by atoms with Crippen molar-refractivity contribution in [2.45, 2.75) is 38.1 Å². The minimum absolute atomic E-state index is 0.106. The number of nitrogens with one attached hydrogen (secondary N) is 1. The number of halogens is 6. The topological polar surface area (TPSA) is 105 Å². The Bertz CT molecular complexity index is 1450. The molecule has 0 radical (unpaired) electrons. The van der Waals surface area contributed by atoms with Gasteiger partial charge < -0.3 is 10.4 Å². The van der Waals surface area contributed by atoms with Gasteiger partial charge in [0.2, 0.25) is 11.3 Å². The second-order valence-electron chi connectivity index (χ2n) is 8.34. The van der Waals surface area contributed by atoms with Crippen molar-refractivity contribution in [3.63, 3.8) is 0 Å². The first-order chi connectivity index (χ1) is 17.3. The van der Waals surface area contributed by atoms with Crippen LogP contribution in [0, 0.1) is 17.5 Å². The Morgan fingerprint density at radius 1 is 1.19 bits per heavy atom. The summed E-state index contributed by atoms with van der Waals surface area (Å²) in [6.07, 6.45) is -6.02. The van der Waals surface area contributed by atoms with Crippen LogP contribution in [0.5, 0.6) is 0 Å². The molecule has 1 aliphatic heterocycles. The van der Waals surface area contributed by atoms with Crippen molar-refractivity contribution in [1.29, 1.82) is 0 Å². The van der Waals surface area contributed by atoms with Gasteiger partial charge in [-0.05, 0) is 18.6 Å². The summed E-state index contributed by atoms with van der Waals surface area (Å²) in [5.74, 6) is -6.30. The number of pyridine rings is 2. The van der Waals surface area contributed by atoms with Gasteiger partial charge in [0, 0.05) is 18.3 Å². The number of fused-ring (bicyclic) bond motifs is 1. The fourth-order valence-electron chi connectivity index (χ4n) is 4.00. The molecule has 0 bridgehead atoms. The summed E-state index contributed by atoms with van der Waals surface area (Å²) in [5, 5.41) is 11.0. The molecule has 0 aliphatic carbocycles. The molecule has 3 heterocycles. The van der Waals surface area contributed by atoms with E-state index in [1.165, 1.54) is 6.07 Å². The first-order valence-electron chi connectivity index (χ1n) is 10.9. The van der Waals surface area contributed by atoms with Crippen molar-refractivity contribution in [3.8, 4) is 5.69 Å². The van der Waals surface area contributed by atoms with Gasteiger partial charge in [0.05, 0.1) is 24.5 Å². The lowest BCUT2D eigenvalue weighted by atomic mass is 10.1. The molecule has 0 spiro atoms. The highest BCUT2D eigenvalue weighted by Crippen LogP contribution is 2.27. The van der Waals surface area contributed by atoms with Crippen LogP contribution in [0.25, 0.3) is 16.7 Å². The maximum absolute atomic E-state index is 14.7. The van der Waals surface area contributed by atoms with Crippen LogP contribution in [-0.2, 0) is 4.79 Å². The van der Waals surface area contributed by atoms with E-state index in [0.717, 1.165) is 17.9 Å². The Labute approximate surface area is 204 Å². The molecule has 1 aromatic carbocycles. The Balaban J connectivity index is 1.96. The standard InChI is InChI=1S/C23H18F6N4O4/c1-2-16(23(27,28)29)30-22(37)13-9-33(19-14(25)5-10(24)6-15(19)26)21-12(20(13)36)3-4-17(31-21)32-8-11(34)7-18(32)35/h3-6,9,11,16,34H,2,7-8H2,1H3,(H,30,37)/t11-,16-/m0/s1. The van der Waals surface area contributed by atoms with E-state index in [9.17, 15) is 45.8 Å². The van der Waals surface area contributed by atoms with Crippen LogP contribution in [0.4, 0.5) is 32.2 Å². The predicted molar refractivity (Wildman–Crippen MR) is 118 cm³/mol. The SMILES string of the molecule is CC[C@H](NC(=O)c1cn(-c2c(F)cc(F)cc2F)c2nc(N3C[C@@H](O)CC3=O)ccc2c1=O)C(F)(F)F. The van der Waals surface area contributed by atoms with E-state index >= 15 is 0 Å². The fourth-order valence-corrected chi connectivity index (χ4v) is 4.00. The van der Waals surface area contributed by atoms with E-state index in [4.69, 9.17) is 0 Å². The number of β-amino-alcohol motifs (C(OH)–C–C–N with tert-alkyl or cyclic N) is 1. The number of alkyl halides is 3. The number of aliphatic hydroxyl groups excluding tert-OH is 1. The van der Waals surface area contributed by atoms with E-state index in [2.05, 4.69) is 4.98 Å². The quantitative estimate of drug-likeness (QED) is 0.496. The third-order valence-corrected chi connectivity index (χ3v) is 5.79. The van der Waals surface area contributed by atoms with Crippen molar-refractivity contribution >= 4 is 28.7 Å². The Kier molecular flexibility index (Phi) is 6.71. The number of hydrogen-bond acceptors (Lipinski definition) is 5. The molecule has 2 aromatic heterocycles. The number of anilines is 1. The maximum atomic E-state index is 14.7. The van der Waals surface area contributed by atoms with Gasteiger partial charge in [-0.2, -0.15) is 13.2 Å². The van der Waals surface area contributed by atoms with Crippen molar-refractivity contribution in [2.75, 3.05) is 11.4 Å². The highest BCUT2D eigenvalue weighted by Gasteiger charge is 2.40. The molecule has 1 saturated heterocycles. The predicted octanol–water partition coefficient (Wildman–Crippen LogP) is 2.97. The molecule has 4 rings (SSSR count). The number of hydrogen-bond donors (Lipinski definition) is 2. The van der Waals surface area contributed by atoms with E-state index in [-0.39, 0.29) is 18.8 Å². The molecule has 1 fully saturated rings. The van der Waals surface area contributed by atoms with Gasteiger partial charge in [-0.3, -0.25) is 23.9 Å². The highest BCUT2D eigenvalue weighted by molar-refractivity contribution is 5.99. The van der Waals surface area contributed by atoms with Crippen LogP contribution in [0.2, 0.25) is 0 Å². The van der Waals surface area contributed by atoms with Crippen LogP contribution in [-0.4, -0.2) is 51.3 Å². The average molecular weight is 528 g/mol. The zero-order chi connectivity index (χ0) is 27.2. The molecule has 0 unspecified atom stereocenters. The largest absolute Gasteiger partial charge is 0.408 e. The molecule has 8 nitrogen and oxygen atoms in total. The number of nitrogens with zero attached hydrogens (tertiary/aromatic N) is 3. The first-order valence-corrected chi connectivity index (χ1v) is 10.9. The molecular formula is C23H18F6N4O4. The molecule has 2 amide bonds. The van der Waals surface area contributed by atoms with E-state index in [1.54, 1.807) is 5.32 Å². The van der Waals surface area contributed by atoms with E-state index in [0.29, 0.717) is 22.9 Å². The highest BCUT2D eigenvalue weighted by atomic mass is 19.4. The Hall–Kier alpha value is -3.94. The van der Waals surface area contributed by atoms with Crippen LogP contribution < -0.4 is 15.6 Å². The van der Waals surface area contributed by atoms with Crippen molar-refractivity contribution in [2.24, 2.45) is 0 Å². The van der Waals surface area contributed by atoms with Gasteiger partial charge >= 0.3 is 6.18 Å². The zero-order valence-electron chi connectivity index (χ0n) is 18.9. The number of carbonyl (C=O) groups is 2. The van der Waals surface area contributed by atoms with Gasteiger partial charge in [0.15, 0.2) is 17.3 Å². The van der Waals surface area contributed by atoms with E-state index in [1.807, 2.05) is 0 Å². The number of carbonyl (C=O) groups excluding carboxylic acids is 2. The first kappa shape index (κ1) is 26.1. The zero-order valence-corrected chi connectivity index (χ0v) is 18.9. The normalized spacial score (nSPS) is 16.9. The van der Waals surface area contributed by atoms with Crippen LogP contribution in [0.15, 0.2) is 35.3 Å². The van der Waals surface area contributed by atoms with Crippen LogP contribution in [0.3, 0.4) is 0 Å². The lowest BCUT2D eigenvalue weighted by Crippen LogP contribution is -2.46.